The van der Waals surface area contributed by atoms with Crippen molar-refractivity contribution in [1.29, 1.82) is 0 Å². The van der Waals surface area contributed by atoms with E-state index in [1.54, 1.807) is 6.92 Å². The molecule has 1 atom stereocenters. The molecule has 0 spiro atoms. The highest BCUT2D eigenvalue weighted by atomic mass is 16.3. The van der Waals surface area contributed by atoms with Crippen molar-refractivity contribution >= 4 is 0 Å². The zero-order valence-electron chi connectivity index (χ0n) is 4.55. The van der Waals surface area contributed by atoms with E-state index in [0.717, 1.165) is 0 Å². The summed E-state index contributed by atoms with van der Waals surface area (Å²) in [5.41, 5.74) is 0. The van der Waals surface area contributed by atoms with Crippen molar-refractivity contribution in [2.24, 2.45) is 0 Å². The summed E-state index contributed by atoms with van der Waals surface area (Å²) in [7, 11) is 0. The standard InChI is InChI=1S/C5H10O2/c1-3-5(7)4(2)6/h3-4,6-7H,1-2H3/b5-3-. The van der Waals surface area contributed by atoms with Crippen molar-refractivity contribution in [3.8, 4) is 0 Å². The van der Waals surface area contributed by atoms with Crippen LogP contribution in [0.25, 0.3) is 0 Å². The van der Waals surface area contributed by atoms with Gasteiger partial charge >= 0.3 is 0 Å². The fourth-order valence-corrected chi connectivity index (χ4v) is 0.241. The zero-order chi connectivity index (χ0) is 5.86. The summed E-state index contributed by atoms with van der Waals surface area (Å²) in [4.78, 5) is 0. The Morgan fingerprint density at radius 2 is 2.14 bits per heavy atom. The van der Waals surface area contributed by atoms with Crippen LogP contribution in [0.15, 0.2) is 11.8 Å². The van der Waals surface area contributed by atoms with E-state index in [9.17, 15) is 0 Å². The fourth-order valence-electron chi connectivity index (χ4n) is 0.241. The molecule has 7 heavy (non-hydrogen) atoms. The number of hydrogen-bond acceptors (Lipinski definition) is 2. The Morgan fingerprint density at radius 3 is 2.14 bits per heavy atom. The SMILES string of the molecule is C/C=C(\O)C(C)O. The van der Waals surface area contributed by atoms with Crippen LogP contribution in [0, 0.1) is 0 Å². The van der Waals surface area contributed by atoms with E-state index in [0.29, 0.717) is 0 Å². The van der Waals surface area contributed by atoms with Gasteiger partial charge in [0, 0.05) is 0 Å². The highest BCUT2D eigenvalue weighted by Crippen LogP contribution is 1.92. The van der Waals surface area contributed by atoms with Crippen molar-refractivity contribution in [2.75, 3.05) is 0 Å². The van der Waals surface area contributed by atoms with Crippen LogP contribution >= 0.6 is 0 Å². The predicted octanol–water partition coefficient (Wildman–Crippen LogP) is 0.829. The van der Waals surface area contributed by atoms with Crippen LogP contribution in [0.4, 0.5) is 0 Å². The van der Waals surface area contributed by atoms with Crippen molar-refractivity contribution < 1.29 is 10.2 Å². The molecule has 0 aromatic carbocycles. The zero-order valence-corrected chi connectivity index (χ0v) is 4.55. The topological polar surface area (TPSA) is 40.5 Å². The van der Waals surface area contributed by atoms with Crippen LogP contribution in [0.2, 0.25) is 0 Å². The van der Waals surface area contributed by atoms with Gasteiger partial charge < -0.3 is 10.2 Å². The molecule has 0 heterocycles. The molecule has 0 aliphatic carbocycles. The van der Waals surface area contributed by atoms with Gasteiger partial charge in [0.15, 0.2) is 0 Å². The molecule has 0 aliphatic rings. The second kappa shape index (κ2) is 2.64. The third-order valence-corrected chi connectivity index (χ3v) is 0.724. The van der Waals surface area contributed by atoms with E-state index in [1.165, 1.54) is 13.0 Å². The van der Waals surface area contributed by atoms with E-state index in [4.69, 9.17) is 10.2 Å². The van der Waals surface area contributed by atoms with E-state index in [1.807, 2.05) is 0 Å². The molecule has 0 bridgehead atoms. The van der Waals surface area contributed by atoms with Gasteiger partial charge in [-0.3, -0.25) is 0 Å². The summed E-state index contributed by atoms with van der Waals surface area (Å²) < 4.78 is 0. The Bertz CT molecular complexity index is 74.1. The molecule has 0 fully saturated rings. The lowest BCUT2D eigenvalue weighted by Gasteiger charge is -1.98. The van der Waals surface area contributed by atoms with Crippen LogP contribution in [-0.4, -0.2) is 16.3 Å². The molecule has 1 unspecified atom stereocenters. The van der Waals surface area contributed by atoms with Gasteiger partial charge in [0.2, 0.25) is 0 Å². The van der Waals surface area contributed by atoms with E-state index in [-0.39, 0.29) is 5.76 Å². The average molecular weight is 102 g/mol. The Balaban J connectivity index is 3.56. The third-order valence-electron chi connectivity index (χ3n) is 0.724. The molecule has 2 heteroatoms. The molecule has 42 valence electrons. The molecule has 0 amide bonds. The average Bonchev–Trinajstić information content (AvgIpc) is 1.65. The first kappa shape index (κ1) is 6.50. The lowest BCUT2D eigenvalue weighted by Crippen LogP contribution is -2.02. The number of hydrogen-bond donors (Lipinski definition) is 2. The second-order valence-electron chi connectivity index (χ2n) is 1.39. The minimum absolute atomic E-state index is 0.0278. The van der Waals surface area contributed by atoms with E-state index in [2.05, 4.69) is 0 Å². The van der Waals surface area contributed by atoms with E-state index >= 15 is 0 Å². The van der Waals surface area contributed by atoms with Gasteiger partial charge in [0.1, 0.15) is 11.9 Å². The monoisotopic (exact) mass is 102 g/mol. The van der Waals surface area contributed by atoms with Crippen LogP contribution in [0.5, 0.6) is 0 Å². The van der Waals surface area contributed by atoms with Gasteiger partial charge in [0.05, 0.1) is 0 Å². The smallest absolute Gasteiger partial charge is 0.116 e. The number of aliphatic hydroxyl groups is 2. The maximum Gasteiger partial charge on any atom is 0.116 e. The first-order chi connectivity index (χ1) is 3.18. The number of rotatable bonds is 1. The minimum atomic E-state index is -0.718. The lowest BCUT2D eigenvalue weighted by molar-refractivity contribution is 0.169. The molecular weight excluding hydrogens is 92.1 g/mol. The number of aliphatic hydroxyl groups excluding tert-OH is 2. The summed E-state index contributed by atoms with van der Waals surface area (Å²) in [6.45, 7) is 3.18. The molecule has 0 saturated carbocycles. The predicted molar refractivity (Wildman–Crippen MR) is 28.1 cm³/mol. The van der Waals surface area contributed by atoms with Crippen molar-refractivity contribution in [2.45, 2.75) is 20.0 Å². The Morgan fingerprint density at radius 1 is 1.71 bits per heavy atom. The molecule has 0 aromatic rings. The van der Waals surface area contributed by atoms with Crippen LogP contribution in [-0.2, 0) is 0 Å². The van der Waals surface area contributed by atoms with Gasteiger partial charge in [-0.05, 0) is 19.9 Å². The summed E-state index contributed by atoms with van der Waals surface area (Å²) in [6, 6.07) is 0. The van der Waals surface area contributed by atoms with Crippen molar-refractivity contribution in [1.82, 2.24) is 0 Å². The van der Waals surface area contributed by atoms with E-state index < -0.39 is 6.10 Å². The summed E-state index contributed by atoms with van der Waals surface area (Å²) in [6.07, 6.45) is 0.745. The minimum Gasteiger partial charge on any atom is -0.510 e. The first-order valence-electron chi connectivity index (χ1n) is 2.21. The quantitative estimate of drug-likeness (QED) is 0.481. The fraction of sp³-hybridized carbons (Fsp3) is 0.600. The van der Waals surface area contributed by atoms with Crippen LogP contribution in [0.3, 0.4) is 0 Å². The summed E-state index contributed by atoms with van der Waals surface area (Å²) >= 11 is 0. The Labute approximate surface area is 43.1 Å². The third kappa shape index (κ3) is 2.23. The molecule has 0 aromatic heterocycles. The van der Waals surface area contributed by atoms with Gasteiger partial charge in [0.25, 0.3) is 0 Å². The highest BCUT2D eigenvalue weighted by molar-refractivity contribution is 4.92. The number of allylic oxidation sites excluding steroid dienone is 1. The van der Waals surface area contributed by atoms with Crippen molar-refractivity contribution in [3.63, 3.8) is 0 Å². The summed E-state index contributed by atoms with van der Waals surface area (Å²) in [5, 5.41) is 17.0. The van der Waals surface area contributed by atoms with Gasteiger partial charge in [-0.25, -0.2) is 0 Å². The largest absolute Gasteiger partial charge is 0.510 e. The van der Waals surface area contributed by atoms with Gasteiger partial charge in [-0.1, -0.05) is 0 Å². The van der Waals surface area contributed by atoms with Gasteiger partial charge in [-0.15, -0.1) is 0 Å². The van der Waals surface area contributed by atoms with Crippen LogP contribution in [0.1, 0.15) is 13.8 Å². The second-order valence-corrected chi connectivity index (χ2v) is 1.39. The summed E-state index contributed by atoms with van der Waals surface area (Å²) in [5.74, 6) is 0.0278. The van der Waals surface area contributed by atoms with Crippen LogP contribution < -0.4 is 0 Å². The van der Waals surface area contributed by atoms with Crippen molar-refractivity contribution in [3.05, 3.63) is 11.8 Å². The molecule has 2 N–H and O–H groups in total. The first-order valence-corrected chi connectivity index (χ1v) is 2.21. The molecular formula is C5H10O2. The molecule has 0 radical (unpaired) electrons. The lowest BCUT2D eigenvalue weighted by atomic mass is 10.3. The maximum absolute atomic E-state index is 8.55. The maximum atomic E-state index is 8.55. The Hall–Kier alpha value is -0.500. The molecule has 0 rings (SSSR count). The van der Waals surface area contributed by atoms with Gasteiger partial charge in [-0.2, -0.15) is 0 Å². The molecule has 0 aliphatic heterocycles. The highest BCUT2D eigenvalue weighted by Gasteiger charge is 1.95. The molecule has 2 nitrogen and oxygen atoms in total. The normalized spacial score (nSPS) is 16.7. The molecule has 0 saturated heterocycles. The Kier molecular flexibility index (Phi) is 2.45.